The second-order valence-corrected chi connectivity index (χ2v) is 6.22. The number of methoxy groups -OCH3 is 1. The van der Waals surface area contributed by atoms with Gasteiger partial charge >= 0.3 is 5.97 Å². The molecule has 0 radical (unpaired) electrons. The molecule has 1 heterocycles. The van der Waals surface area contributed by atoms with Crippen molar-refractivity contribution in [3.63, 3.8) is 0 Å². The zero-order valence-corrected chi connectivity index (χ0v) is 12.3. The van der Waals surface area contributed by atoms with Crippen molar-refractivity contribution in [2.45, 2.75) is 32.2 Å². The van der Waals surface area contributed by atoms with E-state index in [1.54, 1.807) is 17.4 Å². The lowest BCUT2D eigenvalue weighted by Gasteiger charge is -2.16. The van der Waals surface area contributed by atoms with Crippen LogP contribution in [0.25, 0.3) is 0 Å². The summed E-state index contributed by atoms with van der Waals surface area (Å²) in [6.45, 7) is 10.7. The van der Waals surface area contributed by atoms with Crippen LogP contribution in [-0.4, -0.2) is 19.6 Å². The monoisotopic (exact) mass is 267 g/mol. The molecule has 4 heteroatoms. The van der Waals surface area contributed by atoms with Gasteiger partial charge < -0.3 is 4.74 Å². The minimum Gasteiger partial charge on any atom is -0.468 e. The van der Waals surface area contributed by atoms with Crippen molar-refractivity contribution in [2.75, 3.05) is 13.7 Å². The van der Waals surface area contributed by atoms with Crippen molar-refractivity contribution in [2.24, 2.45) is 0 Å². The summed E-state index contributed by atoms with van der Waals surface area (Å²) < 4.78 is 4.83. The van der Waals surface area contributed by atoms with Crippen molar-refractivity contribution in [1.29, 1.82) is 0 Å². The highest BCUT2D eigenvalue weighted by molar-refractivity contribution is 7.12. The zero-order chi connectivity index (χ0) is 13.8. The van der Waals surface area contributed by atoms with E-state index in [1.807, 2.05) is 6.07 Å². The Bertz CT molecular complexity index is 418. The van der Waals surface area contributed by atoms with Crippen LogP contribution in [0.1, 0.15) is 36.6 Å². The first-order valence-corrected chi connectivity index (χ1v) is 6.74. The van der Waals surface area contributed by atoms with E-state index in [9.17, 15) is 4.79 Å². The third-order valence-corrected chi connectivity index (χ3v) is 4.13. The molecule has 0 saturated carbocycles. The number of nitrogens with one attached hydrogen (secondary N) is 1. The van der Waals surface area contributed by atoms with E-state index in [2.05, 4.69) is 38.7 Å². The van der Waals surface area contributed by atoms with Crippen LogP contribution in [0.15, 0.2) is 24.8 Å². The molecule has 1 unspecified atom stereocenters. The second kappa shape index (κ2) is 6.16. The number of carbonyl (C=O) groups is 1. The largest absolute Gasteiger partial charge is 0.468 e. The molecule has 18 heavy (non-hydrogen) atoms. The van der Waals surface area contributed by atoms with E-state index in [1.165, 1.54) is 12.0 Å². The summed E-state index contributed by atoms with van der Waals surface area (Å²) in [6.07, 6.45) is 1.73. The molecule has 0 aliphatic rings. The topological polar surface area (TPSA) is 38.3 Å². The van der Waals surface area contributed by atoms with Gasteiger partial charge in [0.25, 0.3) is 0 Å². The molecule has 0 spiro atoms. The van der Waals surface area contributed by atoms with Crippen LogP contribution in [-0.2, 0) is 14.9 Å². The smallest absolute Gasteiger partial charge is 0.328 e. The van der Waals surface area contributed by atoms with Crippen molar-refractivity contribution in [3.05, 3.63) is 34.5 Å². The number of hydrogen-bond acceptors (Lipinski definition) is 4. The predicted octanol–water partition coefficient (Wildman–Crippen LogP) is 3.04. The number of hydrogen-bond donors (Lipinski definition) is 1. The molecule has 100 valence electrons. The number of ether oxygens (including phenoxy) is 1. The van der Waals surface area contributed by atoms with Gasteiger partial charge in [-0.05, 0) is 17.5 Å². The Morgan fingerprint density at radius 3 is 2.67 bits per heavy atom. The van der Waals surface area contributed by atoms with Gasteiger partial charge in [-0.25, -0.2) is 4.79 Å². The minimum atomic E-state index is -0.408. The van der Waals surface area contributed by atoms with E-state index in [-0.39, 0.29) is 11.4 Å². The van der Waals surface area contributed by atoms with Gasteiger partial charge in [0.1, 0.15) is 6.04 Å². The maximum Gasteiger partial charge on any atom is 0.328 e. The Hall–Kier alpha value is -1.13. The number of thiophene rings is 1. The molecule has 1 N–H and O–H groups in total. The summed E-state index contributed by atoms with van der Waals surface area (Å²) in [6, 6.07) is 3.66. The lowest BCUT2D eigenvalue weighted by atomic mass is 9.95. The Labute approximate surface area is 113 Å². The Morgan fingerprint density at radius 1 is 1.56 bits per heavy atom. The molecule has 1 aromatic rings. The third kappa shape index (κ3) is 3.68. The molecule has 0 saturated heterocycles. The molecule has 1 atom stereocenters. The minimum absolute atomic E-state index is 0.0992. The van der Waals surface area contributed by atoms with Gasteiger partial charge in [-0.2, -0.15) is 0 Å². The van der Waals surface area contributed by atoms with Crippen LogP contribution in [0.4, 0.5) is 0 Å². The van der Waals surface area contributed by atoms with Gasteiger partial charge in [-0.3, -0.25) is 5.32 Å². The Kier molecular flexibility index (Phi) is 5.11. The lowest BCUT2D eigenvalue weighted by molar-refractivity contribution is -0.143. The SMILES string of the molecule is C=CCNC(C(=O)OC)c1ccc(C(C)(C)C)s1. The van der Waals surface area contributed by atoms with Crippen molar-refractivity contribution in [3.8, 4) is 0 Å². The van der Waals surface area contributed by atoms with Crippen LogP contribution in [0.3, 0.4) is 0 Å². The average Bonchev–Trinajstić information content (AvgIpc) is 2.78. The quantitative estimate of drug-likeness (QED) is 0.658. The normalized spacial score (nSPS) is 13.1. The van der Waals surface area contributed by atoms with E-state index < -0.39 is 6.04 Å². The summed E-state index contributed by atoms with van der Waals surface area (Å²) in [5.74, 6) is -0.265. The number of carbonyl (C=O) groups excluding carboxylic acids is 1. The molecule has 0 aromatic carbocycles. The van der Waals surface area contributed by atoms with Gasteiger partial charge in [-0.15, -0.1) is 17.9 Å². The lowest BCUT2D eigenvalue weighted by Crippen LogP contribution is -2.29. The molecule has 0 bridgehead atoms. The molecular weight excluding hydrogens is 246 g/mol. The molecule has 0 fully saturated rings. The highest BCUT2D eigenvalue weighted by Gasteiger charge is 2.24. The van der Waals surface area contributed by atoms with E-state index in [0.717, 1.165) is 4.88 Å². The number of esters is 1. The van der Waals surface area contributed by atoms with E-state index >= 15 is 0 Å². The molecule has 3 nitrogen and oxygen atoms in total. The van der Waals surface area contributed by atoms with Gasteiger partial charge in [0.05, 0.1) is 7.11 Å². The van der Waals surface area contributed by atoms with Gasteiger partial charge in [0.15, 0.2) is 0 Å². The molecular formula is C14H21NO2S. The molecule has 1 aromatic heterocycles. The van der Waals surface area contributed by atoms with Crippen LogP contribution in [0, 0.1) is 0 Å². The maximum absolute atomic E-state index is 11.8. The van der Waals surface area contributed by atoms with Crippen LogP contribution >= 0.6 is 11.3 Å². The van der Waals surface area contributed by atoms with Crippen molar-refractivity contribution < 1.29 is 9.53 Å². The fourth-order valence-corrected chi connectivity index (χ4v) is 2.66. The number of rotatable bonds is 5. The molecule has 0 aliphatic heterocycles. The Balaban J connectivity index is 2.95. The van der Waals surface area contributed by atoms with Gasteiger partial charge in [0.2, 0.25) is 0 Å². The van der Waals surface area contributed by atoms with Crippen LogP contribution in [0.2, 0.25) is 0 Å². The van der Waals surface area contributed by atoms with E-state index in [4.69, 9.17) is 4.74 Å². The first-order chi connectivity index (χ1) is 8.40. The fourth-order valence-electron chi connectivity index (χ4n) is 1.53. The first-order valence-electron chi connectivity index (χ1n) is 5.92. The highest BCUT2D eigenvalue weighted by Crippen LogP contribution is 2.32. The second-order valence-electron chi connectivity index (χ2n) is 5.11. The van der Waals surface area contributed by atoms with Crippen molar-refractivity contribution >= 4 is 17.3 Å². The van der Waals surface area contributed by atoms with Crippen LogP contribution < -0.4 is 5.32 Å². The maximum atomic E-state index is 11.8. The molecule has 0 amide bonds. The van der Waals surface area contributed by atoms with Crippen molar-refractivity contribution in [1.82, 2.24) is 5.32 Å². The standard InChI is InChI=1S/C14H21NO2S/c1-6-9-15-12(13(16)17-5)10-7-8-11(18-10)14(2,3)4/h6-8,12,15H,1,9H2,2-5H3. The molecule has 0 aliphatic carbocycles. The molecule has 1 rings (SSSR count). The summed E-state index contributed by atoms with van der Waals surface area (Å²) in [5, 5.41) is 3.12. The van der Waals surface area contributed by atoms with Gasteiger partial charge in [0, 0.05) is 16.3 Å². The average molecular weight is 267 g/mol. The highest BCUT2D eigenvalue weighted by atomic mass is 32.1. The van der Waals surface area contributed by atoms with Crippen LogP contribution in [0.5, 0.6) is 0 Å². The van der Waals surface area contributed by atoms with Gasteiger partial charge in [-0.1, -0.05) is 26.8 Å². The summed E-state index contributed by atoms with van der Waals surface area (Å²) in [7, 11) is 1.41. The Morgan fingerprint density at radius 2 is 2.22 bits per heavy atom. The zero-order valence-electron chi connectivity index (χ0n) is 11.4. The van der Waals surface area contributed by atoms with E-state index in [0.29, 0.717) is 6.54 Å². The predicted molar refractivity (Wildman–Crippen MR) is 76.0 cm³/mol. The summed E-state index contributed by atoms with van der Waals surface area (Å²) in [5.41, 5.74) is 0.0992. The summed E-state index contributed by atoms with van der Waals surface area (Å²) in [4.78, 5) is 14.0. The fraction of sp³-hybridized carbons (Fsp3) is 0.500. The third-order valence-electron chi connectivity index (χ3n) is 2.55. The summed E-state index contributed by atoms with van der Waals surface area (Å²) >= 11 is 1.64. The first kappa shape index (κ1) is 14.9.